The summed E-state index contributed by atoms with van der Waals surface area (Å²) in [4.78, 5) is 22.1. The van der Waals surface area contributed by atoms with Crippen molar-refractivity contribution in [1.29, 1.82) is 0 Å². The second-order valence-electron chi connectivity index (χ2n) is 5.69. The summed E-state index contributed by atoms with van der Waals surface area (Å²) < 4.78 is 11.0. The second-order valence-corrected chi connectivity index (χ2v) is 6.68. The van der Waals surface area contributed by atoms with E-state index < -0.39 is 10.9 Å². The highest BCUT2D eigenvalue weighted by molar-refractivity contribution is 8.03. The zero-order valence-corrected chi connectivity index (χ0v) is 15.7. The van der Waals surface area contributed by atoms with Crippen molar-refractivity contribution in [3.05, 3.63) is 62.6 Å². The Hall–Kier alpha value is -3.40. The van der Waals surface area contributed by atoms with Gasteiger partial charge in [-0.2, -0.15) is 0 Å². The molecule has 0 radical (unpaired) electrons. The number of aromatic nitrogens is 2. The Morgan fingerprint density at radius 2 is 2.07 bits per heavy atom. The third kappa shape index (κ3) is 4.29. The highest BCUT2D eigenvalue weighted by Gasteiger charge is 2.17. The molecule has 3 rings (SSSR count). The molecule has 0 aliphatic heterocycles. The fraction of sp³-hybridized carbons (Fsp3) is 0.167. The van der Waals surface area contributed by atoms with Gasteiger partial charge in [0.1, 0.15) is 16.4 Å². The van der Waals surface area contributed by atoms with Gasteiger partial charge in [-0.15, -0.1) is 10.2 Å². The molecule has 1 N–H and O–H groups in total. The Balaban J connectivity index is 1.88. The molecular formula is C18H15N3O6S. The summed E-state index contributed by atoms with van der Waals surface area (Å²) in [5.41, 5.74) is 1.04. The van der Waals surface area contributed by atoms with Gasteiger partial charge in [0.2, 0.25) is 5.89 Å². The summed E-state index contributed by atoms with van der Waals surface area (Å²) >= 11 is 0.813. The highest BCUT2D eigenvalue weighted by Crippen LogP contribution is 2.31. The van der Waals surface area contributed by atoms with Gasteiger partial charge in [-0.25, -0.2) is 4.79 Å². The lowest BCUT2D eigenvalue weighted by atomic mass is 10.1. The maximum atomic E-state index is 11.5. The number of furan rings is 1. The van der Waals surface area contributed by atoms with E-state index in [1.807, 2.05) is 6.92 Å². The van der Waals surface area contributed by atoms with E-state index in [1.54, 1.807) is 31.2 Å². The lowest BCUT2D eigenvalue weighted by Crippen LogP contribution is -1.96. The van der Waals surface area contributed by atoms with Gasteiger partial charge in [0.05, 0.1) is 4.92 Å². The number of carboxylic acid groups (broad SMARTS) is 1. The Morgan fingerprint density at radius 1 is 1.29 bits per heavy atom. The number of nitro benzene ring substituents is 1. The van der Waals surface area contributed by atoms with Crippen molar-refractivity contribution in [2.75, 3.05) is 0 Å². The van der Waals surface area contributed by atoms with Crippen molar-refractivity contribution in [2.24, 2.45) is 0 Å². The SMILES string of the molecule is CCc1nnc(S/C(=C/c2ccc(-c3ccc(C)c([N+](=O)[O-])c3)o2)C(=O)O)o1. The first-order valence-corrected chi connectivity index (χ1v) is 8.99. The van der Waals surface area contributed by atoms with E-state index in [0.29, 0.717) is 29.2 Å². The van der Waals surface area contributed by atoms with Crippen LogP contribution in [0.15, 0.2) is 49.3 Å². The van der Waals surface area contributed by atoms with Crippen LogP contribution in [0.1, 0.15) is 24.1 Å². The van der Waals surface area contributed by atoms with Gasteiger partial charge < -0.3 is 13.9 Å². The number of nitro groups is 1. The van der Waals surface area contributed by atoms with Gasteiger partial charge in [0.25, 0.3) is 10.9 Å². The molecule has 0 spiro atoms. The van der Waals surface area contributed by atoms with E-state index in [4.69, 9.17) is 8.83 Å². The summed E-state index contributed by atoms with van der Waals surface area (Å²) in [6.07, 6.45) is 1.87. The van der Waals surface area contributed by atoms with E-state index in [9.17, 15) is 20.0 Å². The summed E-state index contributed by atoms with van der Waals surface area (Å²) in [7, 11) is 0. The van der Waals surface area contributed by atoms with Crippen molar-refractivity contribution in [2.45, 2.75) is 25.5 Å². The van der Waals surface area contributed by atoms with Crippen molar-refractivity contribution in [3.8, 4) is 11.3 Å². The number of hydrogen-bond donors (Lipinski definition) is 1. The van der Waals surface area contributed by atoms with Crippen LogP contribution in [0.3, 0.4) is 0 Å². The molecule has 0 unspecified atom stereocenters. The Kier molecular flexibility index (Phi) is 5.59. The number of carboxylic acids is 1. The molecule has 2 aromatic heterocycles. The van der Waals surface area contributed by atoms with Gasteiger partial charge >= 0.3 is 5.97 Å². The van der Waals surface area contributed by atoms with E-state index >= 15 is 0 Å². The van der Waals surface area contributed by atoms with Crippen LogP contribution < -0.4 is 0 Å². The highest BCUT2D eigenvalue weighted by atomic mass is 32.2. The molecule has 1 aromatic carbocycles. The van der Waals surface area contributed by atoms with Crippen LogP contribution in [0.2, 0.25) is 0 Å². The number of aliphatic carboxylic acids is 1. The third-order valence-corrected chi connectivity index (χ3v) is 4.60. The van der Waals surface area contributed by atoms with Crippen molar-refractivity contribution in [1.82, 2.24) is 10.2 Å². The molecule has 0 atom stereocenters. The molecular weight excluding hydrogens is 386 g/mol. The van der Waals surface area contributed by atoms with Crippen LogP contribution >= 0.6 is 11.8 Å². The van der Waals surface area contributed by atoms with Crippen molar-refractivity contribution >= 4 is 29.5 Å². The maximum absolute atomic E-state index is 11.5. The molecule has 9 nitrogen and oxygen atoms in total. The number of rotatable bonds is 7. The summed E-state index contributed by atoms with van der Waals surface area (Å²) in [5.74, 6) is -0.104. The fourth-order valence-corrected chi connectivity index (χ4v) is 3.00. The molecule has 0 bridgehead atoms. The fourth-order valence-electron chi connectivity index (χ4n) is 2.33. The standard InChI is InChI=1S/C18H15N3O6S/c1-3-16-19-20-18(27-16)28-15(17(22)23)9-12-6-7-14(26-12)11-5-4-10(2)13(8-11)21(24)25/h4-9H,3H2,1-2H3,(H,22,23)/b15-9+. The molecule has 0 fully saturated rings. The molecule has 10 heteroatoms. The molecule has 28 heavy (non-hydrogen) atoms. The van der Waals surface area contributed by atoms with Crippen LogP contribution in [0.4, 0.5) is 5.69 Å². The molecule has 0 amide bonds. The topological polar surface area (TPSA) is 132 Å². The number of carbonyl (C=O) groups is 1. The Labute approximate surface area is 163 Å². The summed E-state index contributed by atoms with van der Waals surface area (Å²) in [6.45, 7) is 3.49. The van der Waals surface area contributed by atoms with Crippen molar-refractivity contribution in [3.63, 3.8) is 0 Å². The predicted molar refractivity (Wildman–Crippen MR) is 101 cm³/mol. The third-order valence-electron chi connectivity index (χ3n) is 3.75. The second kappa shape index (κ2) is 8.09. The first kappa shape index (κ1) is 19.4. The van der Waals surface area contributed by atoms with E-state index in [0.717, 1.165) is 11.8 Å². The van der Waals surface area contributed by atoms with Gasteiger partial charge in [0, 0.05) is 29.7 Å². The summed E-state index contributed by atoms with van der Waals surface area (Å²) in [5, 5.41) is 28.2. The Bertz CT molecular complexity index is 1070. The molecule has 0 saturated carbocycles. The quantitative estimate of drug-likeness (QED) is 0.266. The molecule has 3 aromatic rings. The number of nitrogens with zero attached hydrogens (tertiary/aromatic N) is 3. The molecule has 0 aliphatic rings. The van der Waals surface area contributed by atoms with Gasteiger partial charge in [-0.1, -0.05) is 19.1 Å². The van der Waals surface area contributed by atoms with E-state index in [-0.39, 0.29) is 21.6 Å². The van der Waals surface area contributed by atoms with Gasteiger partial charge in [-0.05, 0) is 30.8 Å². The minimum absolute atomic E-state index is 0.0177. The number of benzene rings is 1. The lowest BCUT2D eigenvalue weighted by molar-refractivity contribution is -0.385. The zero-order chi connectivity index (χ0) is 20.3. The number of thioether (sulfide) groups is 1. The largest absolute Gasteiger partial charge is 0.477 e. The molecule has 0 aliphatic carbocycles. The summed E-state index contributed by atoms with van der Waals surface area (Å²) in [6, 6.07) is 7.94. The van der Waals surface area contributed by atoms with E-state index in [2.05, 4.69) is 10.2 Å². The Morgan fingerprint density at radius 3 is 2.71 bits per heavy atom. The molecule has 144 valence electrons. The monoisotopic (exact) mass is 401 g/mol. The average molecular weight is 401 g/mol. The van der Waals surface area contributed by atoms with Crippen LogP contribution in [0.5, 0.6) is 0 Å². The van der Waals surface area contributed by atoms with Gasteiger partial charge in [-0.3, -0.25) is 10.1 Å². The van der Waals surface area contributed by atoms with Crippen LogP contribution in [-0.4, -0.2) is 26.2 Å². The first-order valence-electron chi connectivity index (χ1n) is 8.18. The van der Waals surface area contributed by atoms with Crippen LogP contribution in [0.25, 0.3) is 17.4 Å². The minimum Gasteiger partial charge on any atom is -0.477 e. The lowest BCUT2D eigenvalue weighted by Gasteiger charge is -2.00. The first-order chi connectivity index (χ1) is 13.4. The number of hydrogen-bond acceptors (Lipinski definition) is 8. The zero-order valence-electron chi connectivity index (χ0n) is 14.9. The van der Waals surface area contributed by atoms with Gasteiger partial charge in [0.15, 0.2) is 0 Å². The maximum Gasteiger partial charge on any atom is 0.342 e. The molecule has 2 heterocycles. The molecule has 0 saturated heterocycles. The average Bonchev–Trinajstić information content (AvgIpc) is 3.30. The van der Waals surface area contributed by atoms with E-state index in [1.165, 1.54) is 12.1 Å². The normalized spacial score (nSPS) is 11.6. The smallest absolute Gasteiger partial charge is 0.342 e. The predicted octanol–water partition coefficient (Wildman–Crippen LogP) is 4.33. The van der Waals surface area contributed by atoms with Crippen LogP contribution in [-0.2, 0) is 11.2 Å². The van der Waals surface area contributed by atoms with Crippen LogP contribution in [0, 0.1) is 17.0 Å². The van der Waals surface area contributed by atoms with Crippen molar-refractivity contribution < 1.29 is 23.7 Å². The number of aryl methyl sites for hydroxylation is 2. The minimum atomic E-state index is -1.18.